The zero-order valence-corrected chi connectivity index (χ0v) is 10.8. The highest BCUT2D eigenvalue weighted by atomic mass is 35.5. The van der Waals surface area contributed by atoms with Gasteiger partial charge < -0.3 is 10.6 Å². The third-order valence-corrected chi connectivity index (χ3v) is 2.61. The standard InChI is InChI=1S/C12H11ClN4O2/c1-14-11-6-10(17(18)19)7-12(16-11)15-9-4-2-3-8(13)5-9/h2-7H,1H3,(H2,14,15,16). The Morgan fingerprint density at radius 1 is 1.26 bits per heavy atom. The van der Waals surface area contributed by atoms with Crippen LogP contribution in [0.15, 0.2) is 36.4 Å². The van der Waals surface area contributed by atoms with Crippen molar-refractivity contribution in [2.75, 3.05) is 17.7 Å². The summed E-state index contributed by atoms with van der Waals surface area (Å²) in [4.78, 5) is 14.6. The number of hydrogen-bond donors (Lipinski definition) is 2. The average molecular weight is 279 g/mol. The fourth-order valence-corrected chi connectivity index (χ4v) is 1.72. The summed E-state index contributed by atoms with van der Waals surface area (Å²) in [5, 5.41) is 17.2. The lowest BCUT2D eigenvalue weighted by molar-refractivity contribution is -0.384. The highest BCUT2D eigenvalue weighted by molar-refractivity contribution is 6.30. The molecule has 7 heteroatoms. The van der Waals surface area contributed by atoms with Crippen LogP contribution >= 0.6 is 11.6 Å². The van der Waals surface area contributed by atoms with E-state index in [0.717, 1.165) is 0 Å². The molecule has 0 fully saturated rings. The van der Waals surface area contributed by atoms with Gasteiger partial charge in [-0.25, -0.2) is 4.98 Å². The summed E-state index contributed by atoms with van der Waals surface area (Å²) >= 11 is 5.87. The number of pyridine rings is 1. The molecule has 2 rings (SSSR count). The van der Waals surface area contributed by atoms with Crippen LogP contribution in [0.2, 0.25) is 5.02 Å². The van der Waals surface area contributed by atoms with Gasteiger partial charge in [0.15, 0.2) is 0 Å². The Morgan fingerprint density at radius 3 is 2.63 bits per heavy atom. The highest BCUT2D eigenvalue weighted by Crippen LogP contribution is 2.24. The summed E-state index contributed by atoms with van der Waals surface area (Å²) in [6.45, 7) is 0. The maximum Gasteiger partial charge on any atom is 0.276 e. The molecule has 0 atom stereocenters. The second-order valence-electron chi connectivity index (χ2n) is 3.74. The SMILES string of the molecule is CNc1cc([N+](=O)[O-])cc(Nc2cccc(Cl)c2)n1. The largest absolute Gasteiger partial charge is 0.373 e. The van der Waals surface area contributed by atoms with Crippen LogP contribution < -0.4 is 10.6 Å². The average Bonchev–Trinajstić information content (AvgIpc) is 2.38. The van der Waals surface area contributed by atoms with Gasteiger partial charge in [0, 0.05) is 17.8 Å². The third kappa shape index (κ3) is 3.32. The highest BCUT2D eigenvalue weighted by Gasteiger charge is 2.10. The van der Waals surface area contributed by atoms with Crippen molar-refractivity contribution in [3.05, 3.63) is 51.5 Å². The van der Waals surface area contributed by atoms with Gasteiger partial charge in [-0.1, -0.05) is 17.7 Å². The van der Waals surface area contributed by atoms with Crippen LogP contribution in [-0.4, -0.2) is 17.0 Å². The number of anilines is 3. The fraction of sp³-hybridized carbons (Fsp3) is 0.0833. The van der Waals surface area contributed by atoms with Gasteiger partial charge in [0.1, 0.15) is 11.6 Å². The number of halogens is 1. The lowest BCUT2D eigenvalue weighted by Crippen LogP contribution is -2.00. The molecule has 0 saturated heterocycles. The first kappa shape index (κ1) is 13.1. The van der Waals surface area contributed by atoms with Crippen LogP contribution in [0.1, 0.15) is 0 Å². The minimum absolute atomic E-state index is 0.0381. The van der Waals surface area contributed by atoms with Crippen molar-refractivity contribution in [3.8, 4) is 0 Å². The molecular weight excluding hydrogens is 268 g/mol. The van der Waals surface area contributed by atoms with Crippen LogP contribution in [0.4, 0.5) is 23.0 Å². The first-order chi connectivity index (χ1) is 9.08. The quantitative estimate of drug-likeness (QED) is 0.661. The first-order valence-electron chi connectivity index (χ1n) is 5.45. The number of aromatic nitrogens is 1. The summed E-state index contributed by atoms with van der Waals surface area (Å²) in [5.74, 6) is 0.791. The molecule has 0 radical (unpaired) electrons. The Labute approximate surface area is 114 Å². The number of benzene rings is 1. The lowest BCUT2D eigenvalue weighted by atomic mass is 10.3. The number of nitrogens with one attached hydrogen (secondary N) is 2. The zero-order valence-electron chi connectivity index (χ0n) is 10.1. The monoisotopic (exact) mass is 278 g/mol. The summed E-state index contributed by atoms with van der Waals surface area (Å²) in [5.41, 5.74) is 0.673. The fourth-order valence-electron chi connectivity index (χ4n) is 1.53. The number of nitro groups is 1. The number of nitrogens with zero attached hydrogens (tertiary/aromatic N) is 2. The maximum absolute atomic E-state index is 10.8. The normalized spacial score (nSPS) is 10.0. The molecule has 2 N–H and O–H groups in total. The van der Waals surface area contributed by atoms with Crippen LogP contribution in [-0.2, 0) is 0 Å². The molecule has 0 spiro atoms. The number of hydrogen-bond acceptors (Lipinski definition) is 5. The van der Waals surface area contributed by atoms with Gasteiger partial charge in [0.2, 0.25) is 0 Å². The molecule has 0 aliphatic heterocycles. The Hall–Kier alpha value is -2.34. The molecule has 1 aromatic heterocycles. The van der Waals surface area contributed by atoms with Crippen molar-refractivity contribution in [1.82, 2.24) is 4.98 Å². The zero-order chi connectivity index (χ0) is 13.8. The van der Waals surface area contributed by atoms with Crippen molar-refractivity contribution in [2.24, 2.45) is 0 Å². The molecule has 0 aliphatic carbocycles. The summed E-state index contributed by atoms with van der Waals surface area (Å²) < 4.78 is 0. The first-order valence-corrected chi connectivity index (χ1v) is 5.83. The van der Waals surface area contributed by atoms with E-state index in [1.165, 1.54) is 12.1 Å². The van der Waals surface area contributed by atoms with E-state index in [0.29, 0.717) is 22.3 Å². The smallest absolute Gasteiger partial charge is 0.276 e. The third-order valence-electron chi connectivity index (χ3n) is 2.37. The van der Waals surface area contributed by atoms with E-state index in [9.17, 15) is 10.1 Å². The molecule has 0 bridgehead atoms. The van der Waals surface area contributed by atoms with Crippen LogP contribution in [0.25, 0.3) is 0 Å². The van der Waals surface area contributed by atoms with Crippen molar-refractivity contribution in [1.29, 1.82) is 0 Å². The maximum atomic E-state index is 10.8. The molecule has 0 amide bonds. The van der Waals surface area contributed by atoms with Crippen LogP contribution in [0.3, 0.4) is 0 Å². The van der Waals surface area contributed by atoms with E-state index >= 15 is 0 Å². The molecule has 1 aromatic carbocycles. The predicted molar refractivity (Wildman–Crippen MR) is 75.2 cm³/mol. The van der Waals surface area contributed by atoms with E-state index in [2.05, 4.69) is 15.6 Å². The van der Waals surface area contributed by atoms with Gasteiger partial charge in [0.25, 0.3) is 5.69 Å². The Bertz CT molecular complexity index is 618. The molecule has 19 heavy (non-hydrogen) atoms. The summed E-state index contributed by atoms with van der Waals surface area (Å²) in [7, 11) is 1.65. The van der Waals surface area contributed by atoms with E-state index < -0.39 is 4.92 Å². The second-order valence-corrected chi connectivity index (χ2v) is 4.17. The van der Waals surface area contributed by atoms with Gasteiger partial charge >= 0.3 is 0 Å². The molecule has 6 nitrogen and oxygen atoms in total. The predicted octanol–water partition coefficient (Wildman–Crippen LogP) is 3.43. The number of rotatable bonds is 4. The molecular formula is C12H11ClN4O2. The molecule has 0 aliphatic rings. The van der Waals surface area contributed by atoms with Gasteiger partial charge in [0.05, 0.1) is 17.1 Å². The van der Waals surface area contributed by atoms with Gasteiger partial charge in [-0.15, -0.1) is 0 Å². The van der Waals surface area contributed by atoms with Crippen molar-refractivity contribution in [3.63, 3.8) is 0 Å². The second kappa shape index (κ2) is 5.53. The van der Waals surface area contributed by atoms with Gasteiger partial charge in [-0.3, -0.25) is 10.1 Å². The lowest BCUT2D eigenvalue weighted by Gasteiger charge is -2.07. The van der Waals surface area contributed by atoms with Crippen LogP contribution in [0, 0.1) is 10.1 Å². The van der Waals surface area contributed by atoms with Crippen LogP contribution in [0.5, 0.6) is 0 Å². The molecule has 98 valence electrons. The van der Waals surface area contributed by atoms with Crippen molar-refractivity contribution >= 4 is 34.6 Å². The van der Waals surface area contributed by atoms with Gasteiger partial charge in [-0.05, 0) is 18.2 Å². The topological polar surface area (TPSA) is 80.1 Å². The van der Waals surface area contributed by atoms with E-state index in [1.54, 1.807) is 31.3 Å². The molecule has 0 saturated carbocycles. The Morgan fingerprint density at radius 2 is 2.00 bits per heavy atom. The Kier molecular flexibility index (Phi) is 3.82. The van der Waals surface area contributed by atoms with E-state index in [1.807, 2.05) is 0 Å². The van der Waals surface area contributed by atoms with E-state index in [4.69, 9.17) is 11.6 Å². The Balaban J connectivity index is 2.34. The molecule has 2 aromatic rings. The van der Waals surface area contributed by atoms with Gasteiger partial charge in [-0.2, -0.15) is 0 Å². The summed E-state index contributed by atoms with van der Waals surface area (Å²) in [6.07, 6.45) is 0. The molecule has 0 unspecified atom stereocenters. The minimum atomic E-state index is -0.467. The van der Waals surface area contributed by atoms with Crippen molar-refractivity contribution in [2.45, 2.75) is 0 Å². The van der Waals surface area contributed by atoms with Crippen molar-refractivity contribution < 1.29 is 4.92 Å². The summed E-state index contributed by atoms with van der Waals surface area (Å²) in [6, 6.07) is 9.76. The minimum Gasteiger partial charge on any atom is -0.373 e. The van der Waals surface area contributed by atoms with E-state index in [-0.39, 0.29) is 5.69 Å². The molecule has 1 heterocycles.